The van der Waals surface area contributed by atoms with E-state index < -0.39 is 0 Å². The molecule has 6 heteroatoms. The van der Waals surface area contributed by atoms with E-state index in [-0.39, 0.29) is 70.2 Å². The van der Waals surface area contributed by atoms with Crippen LogP contribution >= 0.6 is 0 Å². The number of ketones is 2. The third kappa shape index (κ3) is 3.54. The molecule has 4 rings (SSSR count). The van der Waals surface area contributed by atoms with Gasteiger partial charge in [0.25, 0.3) is 0 Å². The molecule has 4 saturated carbocycles. The second-order valence-corrected chi connectivity index (χ2v) is 11.1. The van der Waals surface area contributed by atoms with E-state index in [1.54, 1.807) is 6.92 Å². The predicted molar refractivity (Wildman–Crippen MR) is 113 cm³/mol. The molecule has 31 heavy (non-hydrogen) atoms. The van der Waals surface area contributed by atoms with Gasteiger partial charge in [-0.05, 0) is 61.7 Å². The topological polar surface area (TPSA) is 86.7 Å². The molecule has 0 N–H and O–H groups in total. The summed E-state index contributed by atoms with van der Waals surface area (Å²) in [6.07, 6.45) is 4.30. The van der Waals surface area contributed by atoms with Crippen LogP contribution < -0.4 is 0 Å². The first kappa shape index (κ1) is 22.5. The van der Waals surface area contributed by atoms with Crippen LogP contribution in [0.3, 0.4) is 0 Å². The number of carbonyl (C=O) groups excluding carboxylic acids is 4. The maximum Gasteiger partial charge on any atom is 0.302 e. The quantitative estimate of drug-likeness (QED) is 0.629. The van der Waals surface area contributed by atoms with Crippen LogP contribution in [0.4, 0.5) is 0 Å². The SMILES string of the molecule is CC(=O)O[C@@H]1C[C@@]2(C)[C@@H](C(C)=O)CC[C@H]2[C@H]2C[C@@H](OC(C)=O)[C@H]3CC(=O)CC[C@@]3(C)[C@H]21. The Bertz CT molecular complexity index is 804. The normalized spacial score (nSPS) is 46.4. The summed E-state index contributed by atoms with van der Waals surface area (Å²) in [5.74, 6) is 0.394. The molecule has 4 aliphatic rings. The van der Waals surface area contributed by atoms with E-state index in [0.29, 0.717) is 31.6 Å². The third-order valence-corrected chi connectivity index (χ3v) is 9.51. The third-order valence-electron chi connectivity index (χ3n) is 9.51. The van der Waals surface area contributed by atoms with Crippen LogP contribution in [0.15, 0.2) is 0 Å². The van der Waals surface area contributed by atoms with Gasteiger partial charge in [0.2, 0.25) is 0 Å². The Labute approximate surface area is 184 Å². The molecule has 0 aromatic rings. The summed E-state index contributed by atoms with van der Waals surface area (Å²) in [7, 11) is 0. The lowest BCUT2D eigenvalue weighted by molar-refractivity contribution is -0.216. The molecule has 0 unspecified atom stereocenters. The summed E-state index contributed by atoms with van der Waals surface area (Å²) >= 11 is 0. The van der Waals surface area contributed by atoms with Gasteiger partial charge in [0.1, 0.15) is 23.8 Å². The molecule has 0 saturated heterocycles. The van der Waals surface area contributed by atoms with E-state index >= 15 is 0 Å². The zero-order chi connectivity index (χ0) is 22.7. The molecule has 0 amide bonds. The van der Waals surface area contributed by atoms with Gasteiger partial charge in [0.05, 0.1) is 0 Å². The van der Waals surface area contributed by atoms with Crippen molar-refractivity contribution >= 4 is 23.5 Å². The number of hydrogen-bond donors (Lipinski definition) is 0. The Morgan fingerprint density at radius 1 is 0.903 bits per heavy atom. The smallest absolute Gasteiger partial charge is 0.302 e. The van der Waals surface area contributed by atoms with E-state index in [2.05, 4.69) is 13.8 Å². The van der Waals surface area contributed by atoms with Crippen molar-refractivity contribution in [3.05, 3.63) is 0 Å². The molecule has 0 aromatic heterocycles. The van der Waals surface area contributed by atoms with Crippen molar-refractivity contribution in [1.82, 2.24) is 0 Å². The van der Waals surface area contributed by atoms with Gasteiger partial charge in [-0.2, -0.15) is 0 Å². The van der Waals surface area contributed by atoms with Crippen molar-refractivity contribution < 1.29 is 28.7 Å². The van der Waals surface area contributed by atoms with Crippen LogP contribution in [-0.2, 0) is 28.7 Å². The lowest BCUT2D eigenvalue weighted by Gasteiger charge is -2.63. The second kappa shape index (κ2) is 7.70. The maximum absolute atomic E-state index is 12.5. The molecule has 4 aliphatic carbocycles. The molecular formula is C25H36O6. The van der Waals surface area contributed by atoms with Gasteiger partial charge in [-0.25, -0.2) is 0 Å². The highest BCUT2D eigenvalue weighted by atomic mass is 16.5. The van der Waals surface area contributed by atoms with Crippen LogP contribution in [0.5, 0.6) is 0 Å². The highest BCUT2D eigenvalue weighted by Gasteiger charge is 2.66. The molecule has 172 valence electrons. The Hall–Kier alpha value is -1.72. The fraction of sp³-hybridized carbons (Fsp3) is 0.840. The average molecular weight is 433 g/mol. The summed E-state index contributed by atoms with van der Waals surface area (Å²) in [4.78, 5) is 49.0. The zero-order valence-electron chi connectivity index (χ0n) is 19.4. The summed E-state index contributed by atoms with van der Waals surface area (Å²) in [6, 6.07) is 0. The Kier molecular flexibility index (Phi) is 5.58. The zero-order valence-corrected chi connectivity index (χ0v) is 19.4. The largest absolute Gasteiger partial charge is 0.462 e. The number of esters is 2. The Morgan fingerprint density at radius 2 is 1.55 bits per heavy atom. The molecule has 0 aromatic carbocycles. The molecule has 0 aliphatic heterocycles. The molecule has 0 heterocycles. The first-order valence-corrected chi connectivity index (χ1v) is 11.8. The number of fused-ring (bicyclic) bond motifs is 5. The van der Waals surface area contributed by atoms with Crippen molar-refractivity contribution in [2.24, 2.45) is 40.4 Å². The first-order valence-electron chi connectivity index (χ1n) is 11.8. The summed E-state index contributed by atoms with van der Waals surface area (Å²) < 4.78 is 11.8. The number of ether oxygens (including phenoxy) is 2. The van der Waals surface area contributed by atoms with Crippen molar-refractivity contribution in [2.45, 2.75) is 91.8 Å². The van der Waals surface area contributed by atoms with Crippen LogP contribution in [0.25, 0.3) is 0 Å². The first-order chi connectivity index (χ1) is 14.5. The molecule has 0 radical (unpaired) electrons. The van der Waals surface area contributed by atoms with Crippen molar-refractivity contribution in [1.29, 1.82) is 0 Å². The van der Waals surface area contributed by atoms with Crippen LogP contribution in [0.2, 0.25) is 0 Å². The van der Waals surface area contributed by atoms with Gasteiger partial charge in [-0.3, -0.25) is 19.2 Å². The minimum Gasteiger partial charge on any atom is -0.462 e. The van der Waals surface area contributed by atoms with E-state index in [0.717, 1.165) is 19.3 Å². The van der Waals surface area contributed by atoms with Crippen LogP contribution in [0, 0.1) is 40.4 Å². The summed E-state index contributed by atoms with van der Waals surface area (Å²) in [5, 5.41) is 0. The van der Waals surface area contributed by atoms with Crippen molar-refractivity contribution in [2.75, 3.05) is 0 Å². The average Bonchev–Trinajstić information content (AvgIpc) is 2.99. The monoisotopic (exact) mass is 432 g/mol. The molecular weight excluding hydrogens is 396 g/mol. The lowest BCUT2D eigenvalue weighted by Crippen LogP contribution is -2.63. The van der Waals surface area contributed by atoms with Gasteiger partial charge in [-0.15, -0.1) is 0 Å². The van der Waals surface area contributed by atoms with Crippen molar-refractivity contribution in [3.8, 4) is 0 Å². The van der Waals surface area contributed by atoms with E-state index in [9.17, 15) is 19.2 Å². The van der Waals surface area contributed by atoms with Gasteiger partial charge in [-0.1, -0.05) is 13.8 Å². The Morgan fingerprint density at radius 3 is 2.16 bits per heavy atom. The van der Waals surface area contributed by atoms with Gasteiger partial charge >= 0.3 is 11.9 Å². The summed E-state index contributed by atoms with van der Waals surface area (Å²) in [6.45, 7) is 8.98. The fourth-order valence-electron chi connectivity index (χ4n) is 8.49. The predicted octanol–water partition coefficient (Wildman–Crippen LogP) is 3.89. The maximum atomic E-state index is 12.5. The van der Waals surface area contributed by atoms with Gasteiger partial charge in [0.15, 0.2) is 0 Å². The molecule has 6 nitrogen and oxygen atoms in total. The minimum absolute atomic E-state index is 0.0258. The second-order valence-electron chi connectivity index (χ2n) is 11.1. The van der Waals surface area contributed by atoms with E-state index in [4.69, 9.17) is 9.47 Å². The standard InChI is InChI=1S/C25H36O6/c1-13(26)18-6-7-19-17-11-21(30-14(2)27)20-10-16(29)8-9-24(20,4)23(17)22(31-15(3)28)12-25(18,19)5/h17-23H,6-12H2,1-5H3/t17-,18-,19+,20-,21-,22-,23-,24-,25+/m1/s1. The molecule has 9 atom stereocenters. The lowest BCUT2D eigenvalue weighted by atomic mass is 9.43. The van der Waals surface area contributed by atoms with E-state index in [1.807, 2.05) is 0 Å². The number of hydrogen-bond acceptors (Lipinski definition) is 6. The number of carbonyl (C=O) groups is 4. The molecule has 0 bridgehead atoms. The van der Waals surface area contributed by atoms with Crippen LogP contribution in [0.1, 0.15) is 79.6 Å². The van der Waals surface area contributed by atoms with Gasteiger partial charge in [0, 0.05) is 44.4 Å². The minimum atomic E-state index is -0.313. The number of Topliss-reactive ketones (excluding diaryl/α,β-unsaturated/α-hetero) is 2. The molecule has 0 spiro atoms. The molecule has 4 fully saturated rings. The highest BCUT2D eigenvalue weighted by Crippen LogP contribution is 2.68. The van der Waals surface area contributed by atoms with Crippen LogP contribution in [-0.4, -0.2) is 35.7 Å². The highest BCUT2D eigenvalue weighted by molar-refractivity contribution is 5.80. The van der Waals surface area contributed by atoms with Crippen molar-refractivity contribution in [3.63, 3.8) is 0 Å². The Balaban J connectivity index is 1.79. The fourth-order valence-corrected chi connectivity index (χ4v) is 8.49. The summed E-state index contributed by atoms with van der Waals surface area (Å²) in [5.41, 5.74) is -0.464. The van der Waals surface area contributed by atoms with E-state index in [1.165, 1.54) is 13.8 Å². The van der Waals surface area contributed by atoms with Gasteiger partial charge < -0.3 is 9.47 Å². The number of rotatable bonds is 3.